The number of nitrogens with zero attached hydrogens (tertiary/aromatic N) is 1. The Balaban J connectivity index is 1.67. The standard InChI is InChI=1S/C18H20N2O6S/c1-24-16-9-8-15(10-17(16)25-2)27(22,23)19-11-14-12-20(18(21)26-14)13-6-4-3-5-7-13/h3-10,14,19H,11-12H2,1-2H3. The summed E-state index contributed by atoms with van der Waals surface area (Å²) in [6, 6.07) is 13.4. The molecule has 27 heavy (non-hydrogen) atoms. The number of sulfonamides is 1. The first kappa shape index (κ1) is 19.0. The number of para-hydroxylation sites is 1. The van der Waals surface area contributed by atoms with Crippen LogP contribution in [0.5, 0.6) is 11.5 Å². The maximum absolute atomic E-state index is 12.5. The van der Waals surface area contributed by atoms with Crippen LogP contribution in [-0.2, 0) is 14.8 Å². The third kappa shape index (κ3) is 4.15. The molecule has 1 fully saturated rings. The Morgan fingerprint density at radius 2 is 1.81 bits per heavy atom. The molecule has 0 aliphatic carbocycles. The largest absolute Gasteiger partial charge is 0.493 e. The number of methoxy groups -OCH3 is 2. The minimum Gasteiger partial charge on any atom is -0.493 e. The van der Waals surface area contributed by atoms with Crippen molar-refractivity contribution in [2.75, 3.05) is 32.2 Å². The number of benzene rings is 2. The molecule has 0 saturated carbocycles. The number of carbonyl (C=O) groups excluding carboxylic acids is 1. The molecular formula is C18H20N2O6S. The lowest BCUT2D eigenvalue weighted by Gasteiger charge is -2.13. The average Bonchev–Trinajstić information content (AvgIpc) is 3.07. The van der Waals surface area contributed by atoms with Crippen molar-refractivity contribution in [1.29, 1.82) is 0 Å². The number of ether oxygens (including phenoxy) is 3. The smallest absolute Gasteiger partial charge is 0.414 e. The summed E-state index contributed by atoms with van der Waals surface area (Å²) in [6.07, 6.45) is -1.09. The molecule has 3 rings (SSSR count). The van der Waals surface area contributed by atoms with Gasteiger partial charge in [-0.2, -0.15) is 0 Å². The summed E-state index contributed by atoms with van der Waals surface area (Å²) in [5.74, 6) is 0.739. The lowest BCUT2D eigenvalue weighted by Crippen LogP contribution is -2.34. The number of hydrogen-bond donors (Lipinski definition) is 1. The van der Waals surface area contributed by atoms with Crippen LogP contribution < -0.4 is 19.1 Å². The molecule has 2 aromatic carbocycles. The van der Waals surface area contributed by atoms with Crippen molar-refractivity contribution in [2.24, 2.45) is 0 Å². The Kier molecular flexibility index (Phi) is 5.52. The van der Waals surface area contributed by atoms with Gasteiger partial charge in [0.05, 0.1) is 25.7 Å². The van der Waals surface area contributed by atoms with Crippen LogP contribution in [0, 0.1) is 0 Å². The zero-order chi connectivity index (χ0) is 19.4. The van der Waals surface area contributed by atoms with Crippen molar-refractivity contribution in [3.05, 3.63) is 48.5 Å². The van der Waals surface area contributed by atoms with Crippen LogP contribution in [0.3, 0.4) is 0 Å². The van der Waals surface area contributed by atoms with E-state index in [2.05, 4.69) is 4.72 Å². The molecule has 1 amide bonds. The molecule has 0 radical (unpaired) electrons. The van der Waals surface area contributed by atoms with Gasteiger partial charge in [0.2, 0.25) is 10.0 Å². The first-order valence-electron chi connectivity index (χ1n) is 8.19. The molecule has 0 aromatic heterocycles. The summed E-state index contributed by atoms with van der Waals surface area (Å²) in [6.45, 7) is 0.225. The molecule has 0 spiro atoms. The normalized spacial score (nSPS) is 16.9. The highest BCUT2D eigenvalue weighted by Crippen LogP contribution is 2.29. The van der Waals surface area contributed by atoms with E-state index >= 15 is 0 Å². The molecule has 2 aromatic rings. The fourth-order valence-electron chi connectivity index (χ4n) is 2.72. The number of anilines is 1. The van der Waals surface area contributed by atoms with Gasteiger partial charge < -0.3 is 14.2 Å². The Hall–Kier alpha value is -2.78. The van der Waals surface area contributed by atoms with Crippen molar-refractivity contribution >= 4 is 21.8 Å². The molecule has 1 saturated heterocycles. The van der Waals surface area contributed by atoms with Crippen LogP contribution in [0.2, 0.25) is 0 Å². The van der Waals surface area contributed by atoms with Crippen molar-refractivity contribution in [3.63, 3.8) is 0 Å². The van der Waals surface area contributed by atoms with E-state index in [0.717, 1.165) is 0 Å². The second-order valence-electron chi connectivity index (χ2n) is 5.82. The van der Waals surface area contributed by atoms with Crippen LogP contribution in [0.4, 0.5) is 10.5 Å². The van der Waals surface area contributed by atoms with E-state index in [4.69, 9.17) is 14.2 Å². The zero-order valence-corrected chi connectivity index (χ0v) is 15.7. The molecule has 9 heteroatoms. The maximum atomic E-state index is 12.5. The monoisotopic (exact) mass is 392 g/mol. The molecule has 1 aliphatic heterocycles. The third-order valence-electron chi connectivity index (χ3n) is 4.11. The third-order valence-corrected chi connectivity index (χ3v) is 5.53. The highest BCUT2D eigenvalue weighted by Gasteiger charge is 2.33. The fraction of sp³-hybridized carbons (Fsp3) is 0.278. The van der Waals surface area contributed by atoms with E-state index < -0.39 is 22.2 Å². The number of cyclic esters (lactones) is 1. The molecule has 1 heterocycles. The topological polar surface area (TPSA) is 94.2 Å². The molecule has 0 bridgehead atoms. The molecule has 1 N–H and O–H groups in total. The quantitative estimate of drug-likeness (QED) is 0.775. The highest BCUT2D eigenvalue weighted by molar-refractivity contribution is 7.89. The minimum absolute atomic E-state index is 0.0318. The summed E-state index contributed by atoms with van der Waals surface area (Å²) in [4.78, 5) is 13.5. The van der Waals surface area contributed by atoms with Gasteiger partial charge in [-0.1, -0.05) is 18.2 Å². The lowest BCUT2D eigenvalue weighted by molar-refractivity contribution is 0.143. The Labute approximate surface area is 157 Å². The number of carbonyl (C=O) groups is 1. The van der Waals surface area contributed by atoms with Gasteiger partial charge in [-0.3, -0.25) is 4.90 Å². The summed E-state index contributed by atoms with van der Waals surface area (Å²) in [7, 11) is -0.902. The maximum Gasteiger partial charge on any atom is 0.414 e. The minimum atomic E-state index is -3.80. The first-order chi connectivity index (χ1) is 12.9. The summed E-state index contributed by atoms with van der Waals surface area (Å²) < 4.78 is 43.0. The molecule has 1 aliphatic rings. The molecule has 8 nitrogen and oxygen atoms in total. The van der Waals surface area contributed by atoms with Crippen LogP contribution in [-0.4, -0.2) is 47.9 Å². The van der Waals surface area contributed by atoms with Gasteiger partial charge in [0, 0.05) is 18.3 Å². The second kappa shape index (κ2) is 7.85. The summed E-state index contributed by atoms with van der Waals surface area (Å²) >= 11 is 0. The number of hydrogen-bond acceptors (Lipinski definition) is 6. The van der Waals surface area contributed by atoms with E-state index in [-0.39, 0.29) is 18.0 Å². The van der Waals surface area contributed by atoms with Crippen LogP contribution >= 0.6 is 0 Å². The van der Waals surface area contributed by atoms with Crippen molar-refractivity contribution in [2.45, 2.75) is 11.0 Å². The van der Waals surface area contributed by atoms with Gasteiger partial charge in [-0.05, 0) is 24.3 Å². The Morgan fingerprint density at radius 1 is 1.11 bits per heavy atom. The molecule has 1 atom stereocenters. The van der Waals surface area contributed by atoms with Gasteiger partial charge in [-0.25, -0.2) is 17.9 Å². The van der Waals surface area contributed by atoms with Crippen LogP contribution in [0.15, 0.2) is 53.4 Å². The van der Waals surface area contributed by atoms with Crippen molar-refractivity contribution < 1.29 is 27.4 Å². The van der Waals surface area contributed by atoms with Crippen LogP contribution in [0.25, 0.3) is 0 Å². The molecular weight excluding hydrogens is 372 g/mol. The van der Waals surface area contributed by atoms with E-state index in [9.17, 15) is 13.2 Å². The number of nitrogens with one attached hydrogen (secondary N) is 1. The van der Waals surface area contributed by atoms with E-state index in [0.29, 0.717) is 17.2 Å². The highest BCUT2D eigenvalue weighted by atomic mass is 32.2. The lowest BCUT2D eigenvalue weighted by atomic mass is 10.3. The average molecular weight is 392 g/mol. The predicted molar refractivity (Wildman–Crippen MR) is 98.8 cm³/mol. The predicted octanol–water partition coefficient (Wildman–Crippen LogP) is 2.01. The van der Waals surface area contributed by atoms with Crippen molar-refractivity contribution in [3.8, 4) is 11.5 Å². The van der Waals surface area contributed by atoms with Gasteiger partial charge in [0.15, 0.2) is 11.5 Å². The van der Waals surface area contributed by atoms with Gasteiger partial charge in [0.1, 0.15) is 6.10 Å². The van der Waals surface area contributed by atoms with Crippen LogP contribution in [0.1, 0.15) is 0 Å². The second-order valence-corrected chi connectivity index (χ2v) is 7.59. The van der Waals surface area contributed by atoms with Gasteiger partial charge >= 0.3 is 6.09 Å². The Morgan fingerprint density at radius 3 is 2.48 bits per heavy atom. The van der Waals surface area contributed by atoms with E-state index in [1.165, 1.54) is 37.3 Å². The van der Waals surface area contributed by atoms with Gasteiger partial charge in [-0.15, -0.1) is 0 Å². The van der Waals surface area contributed by atoms with E-state index in [1.807, 2.05) is 18.2 Å². The number of rotatable bonds is 7. The summed E-state index contributed by atoms with van der Waals surface area (Å²) in [5, 5.41) is 0. The van der Waals surface area contributed by atoms with E-state index in [1.54, 1.807) is 12.1 Å². The molecule has 1 unspecified atom stereocenters. The fourth-order valence-corrected chi connectivity index (χ4v) is 3.80. The van der Waals surface area contributed by atoms with Crippen molar-refractivity contribution in [1.82, 2.24) is 4.72 Å². The Bertz CT molecular complexity index is 917. The number of amides is 1. The van der Waals surface area contributed by atoms with Gasteiger partial charge in [0.25, 0.3) is 0 Å². The summed E-state index contributed by atoms with van der Waals surface area (Å²) in [5.41, 5.74) is 0.702. The zero-order valence-electron chi connectivity index (χ0n) is 14.9. The SMILES string of the molecule is COc1ccc(S(=O)(=O)NCC2CN(c3ccccc3)C(=O)O2)cc1OC. The molecule has 144 valence electrons. The first-order valence-corrected chi connectivity index (χ1v) is 9.68.